The number of hydrogen-bond acceptors (Lipinski definition) is 4. The maximum absolute atomic E-state index is 5.58. The largest absolute Gasteiger partial charge is 0.384 e. The molecule has 2 N–H and O–H groups in total. The number of nitrogens with zero attached hydrogens (tertiary/aromatic N) is 2. The molecule has 0 aliphatic carbocycles. The molecular weight excluding hydrogens is 202 g/mol. The molecule has 2 unspecified atom stereocenters. The average Bonchev–Trinajstić information content (AvgIpc) is 2.31. The highest BCUT2D eigenvalue weighted by Gasteiger charge is 2.26. The van der Waals surface area contributed by atoms with Gasteiger partial charge in [0.25, 0.3) is 0 Å². The lowest BCUT2D eigenvalue weighted by atomic mass is 9.95. The van der Waals surface area contributed by atoms with Gasteiger partial charge >= 0.3 is 0 Å². The molecule has 16 heavy (non-hydrogen) atoms. The van der Waals surface area contributed by atoms with Gasteiger partial charge in [0, 0.05) is 20.2 Å². The fourth-order valence-corrected chi connectivity index (χ4v) is 2.16. The van der Waals surface area contributed by atoms with Gasteiger partial charge in [0.15, 0.2) is 0 Å². The van der Waals surface area contributed by atoms with E-state index in [1.807, 2.05) is 18.3 Å². The maximum atomic E-state index is 5.58. The Balaban J connectivity index is 2.08. The third-order valence-corrected chi connectivity index (χ3v) is 3.33. The Morgan fingerprint density at radius 2 is 2.31 bits per heavy atom. The van der Waals surface area contributed by atoms with Crippen LogP contribution in [0.1, 0.15) is 13.3 Å². The second-order valence-corrected chi connectivity index (χ2v) is 4.43. The topological polar surface area (TPSA) is 51.4 Å². The predicted molar refractivity (Wildman–Crippen MR) is 65.4 cm³/mol. The van der Waals surface area contributed by atoms with Crippen LogP contribution < -0.4 is 10.6 Å². The summed E-state index contributed by atoms with van der Waals surface area (Å²) in [6, 6.07) is 3.86. The highest BCUT2D eigenvalue weighted by Crippen LogP contribution is 2.24. The fraction of sp³-hybridized carbons (Fsp3) is 0.583. The number of piperidine rings is 1. The van der Waals surface area contributed by atoms with E-state index in [0.717, 1.165) is 25.2 Å². The van der Waals surface area contributed by atoms with E-state index in [4.69, 9.17) is 10.5 Å². The van der Waals surface area contributed by atoms with Crippen LogP contribution in [0.5, 0.6) is 0 Å². The predicted octanol–water partition coefficient (Wildman–Crippen LogP) is 1.52. The molecule has 0 amide bonds. The van der Waals surface area contributed by atoms with Crippen molar-refractivity contribution in [3.63, 3.8) is 0 Å². The highest BCUT2D eigenvalue weighted by molar-refractivity contribution is 5.48. The number of anilines is 2. The third-order valence-electron chi connectivity index (χ3n) is 3.33. The van der Waals surface area contributed by atoms with Crippen LogP contribution in [0.25, 0.3) is 0 Å². The van der Waals surface area contributed by atoms with Crippen molar-refractivity contribution in [2.75, 3.05) is 30.8 Å². The maximum Gasteiger partial charge on any atom is 0.123 e. The number of ether oxygens (including phenoxy) is 1. The molecular formula is C12H19N3O. The molecule has 4 nitrogen and oxygen atoms in total. The smallest absolute Gasteiger partial charge is 0.123 e. The molecule has 88 valence electrons. The molecule has 1 aromatic rings. The summed E-state index contributed by atoms with van der Waals surface area (Å²) in [4.78, 5) is 6.43. The van der Waals surface area contributed by atoms with Gasteiger partial charge in [-0.25, -0.2) is 4.98 Å². The van der Waals surface area contributed by atoms with Gasteiger partial charge in [-0.2, -0.15) is 0 Å². The van der Waals surface area contributed by atoms with Crippen molar-refractivity contribution in [1.29, 1.82) is 0 Å². The van der Waals surface area contributed by atoms with Crippen LogP contribution >= 0.6 is 0 Å². The van der Waals surface area contributed by atoms with Crippen molar-refractivity contribution >= 4 is 11.5 Å². The van der Waals surface area contributed by atoms with Crippen molar-refractivity contribution in [1.82, 2.24) is 4.98 Å². The summed E-state index contributed by atoms with van der Waals surface area (Å²) in [6.45, 7) is 4.24. The van der Waals surface area contributed by atoms with Crippen LogP contribution in [-0.4, -0.2) is 31.3 Å². The van der Waals surface area contributed by atoms with Crippen molar-refractivity contribution in [3.05, 3.63) is 18.3 Å². The van der Waals surface area contributed by atoms with E-state index in [1.54, 1.807) is 7.11 Å². The number of rotatable bonds is 2. The second kappa shape index (κ2) is 4.70. The number of pyridine rings is 1. The Labute approximate surface area is 96.4 Å². The summed E-state index contributed by atoms with van der Waals surface area (Å²) in [5.74, 6) is 1.19. The van der Waals surface area contributed by atoms with Gasteiger partial charge in [-0.3, -0.25) is 0 Å². The van der Waals surface area contributed by atoms with Crippen molar-refractivity contribution < 1.29 is 4.74 Å². The van der Waals surface area contributed by atoms with E-state index in [2.05, 4.69) is 16.8 Å². The number of aromatic nitrogens is 1. The summed E-state index contributed by atoms with van der Waals surface area (Å²) in [5.41, 5.74) is 6.71. The Hall–Kier alpha value is -1.29. The molecule has 1 aromatic heterocycles. The number of hydrogen-bond donors (Lipinski definition) is 1. The van der Waals surface area contributed by atoms with Crippen LogP contribution in [0, 0.1) is 5.92 Å². The Bertz CT molecular complexity index is 339. The first-order chi connectivity index (χ1) is 7.70. The molecule has 2 atom stereocenters. The van der Waals surface area contributed by atoms with E-state index >= 15 is 0 Å². The molecule has 1 aliphatic heterocycles. The van der Waals surface area contributed by atoms with E-state index in [-0.39, 0.29) is 0 Å². The lowest BCUT2D eigenvalue weighted by molar-refractivity contribution is 0.0498. The van der Waals surface area contributed by atoms with E-state index in [0.29, 0.717) is 17.8 Å². The summed E-state index contributed by atoms with van der Waals surface area (Å²) in [5, 5.41) is 0. The molecule has 1 fully saturated rings. The third kappa shape index (κ3) is 2.27. The highest BCUT2D eigenvalue weighted by atomic mass is 16.5. The first-order valence-corrected chi connectivity index (χ1v) is 5.70. The van der Waals surface area contributed by atoms with Crippen molar-refractivity contribution in [2.45, 2.75) is 19.4 Å². The van der Waals surface area contributed by atoms with E-state index in [9.17, 15) is 0 Å². The molecule has 2 rings (SSSR count). The Kier molecular flexibility index (Phi) is 3.29. The molecule has 2 heterocycles. The van der Waals surface area contributed by atoms with Gasteiger partial charge < -0.3 is 15.4 Å². The minimum atomic E-state index is 0.311. The zero-order valence-corrected chi connectivity index (χ0v) is 9.89. The molecule has 0 spiro atoms. The fourth-order valence-electron chi connectivity index (χ4n) is 2.16. The zero-order valence-electron chi connectivity index (χ0n) is 9.89. The molecule has 1 aliphatic rings. The van der Waals surface area contributed by atoms with Crippen LogP contribution in [0.15, 0.2) is 18.3 Å². The Morgan fingerprint density at radius 1 is 1.50 bits per heavy atom. The minimum absolute atomic E-state index is 0.311. The summed E-state index contributed by atoms with van der Waals surface area (Å²) < 4.78 is 5.49. The summed E-state index contributed by atoms with van der Waals surface area (Å²) in [6.07, 6.45) is 3.30. The van der Waals surface area contributed by atoms with Crippen molar-refractivity contribution in [3.8, 4) is 0 Å². The van der Waals surface area contributed by atoms with Gasteiger partial charge in [-0.1, -0.05) is 6.92 Å². The second-order valence-electron chi connectivity index (χ2n) is 4.43. The monoisotopic (exact) mass is 221 g/mol. The first kappa shape index (κ1) is 11.2. The standard InChI is InChI=1S/C12H19N3O/c1-9-5-6-15(8-11(9)16-2)10-3-4-12(13)14-7-10/h3-4,7,9,11H,5-6,8H2,1-2H3,(H2,13,14). The zero-order chi connectivity index (χ0) is 11.5. The normalized spacial score (nSPS) is 25.8. The molecule has 0 radical (unpaired) electrons. The number of nitrogen functional groups attached to an aromatic ring is 1. The van der Waals surface area contributed by atoms with E-state index in [1.165, 1.54) is 0 Å². The van der Waals surface area contributed by atoms with Gasteiger partial charge in [0.2, 0.25) is 0 Å². The molecule has 1 saturated heterocycles. The van der Waals surface area contributed by atoms with Crippen LogP contribution in [0.2, 0.25) is 0 Å². The quantitative estimate of drug-likeness (QED) is 0.822. The van der Waals surface area contributed by atoms with Crippen LogP contribution in [0.4, 0.5) is 11.5 Å². The molecule has 4 heteroatoms. The van der Waals surface area contributed by atoms with Crippen LogP contribution in [-0.2, 0) is 4.74 Å². The van der Waals surface area contributed by atoms with E-state index < -0.39 is 0 Å². The van der Waals surface area contributed by atoms with Crippen LogP contribution in [0.3, 0.4) is 0 Å². The lowest BCUT2D eigenvalue weighted by Crippen LogP contribution is -2.43. The summed E-state index contributed by atoms with van der Waals surface area (Å²) >= 11 is 0. The SMILES string of the molecule is COC1CN(c2ccc(N)nc2)CCC1C. The molecule has 0 bridgehead atoms. The Morgan fingerprint density at radius 3 is 2.94 bits per heavy atom. The number of methoxy groups -OCH3 is 1. The lowest BCUT2D eigenvalue weighted by Gasteiger charge is -2.37. The van der Waals surface area contributed by atoms with Crippen molar-refractivity contribution in [2.24, 2.45) is 5.92 Å². The van der Waals surface area contributed by atoms with Gasteiger partial charge in [0.1, 0.15) is 5.82 Å². The first-order valence-electron chi connectivity index (χ1n) is 5.70. The number of nitrogens with two attached hydrogens (primary N) is 1. The average molecular weight is 221 g/mol. The molecule has 0 aromatic carbocycles. The summed E-state index contributed by atoms with van der Waals surface area (Å²) in [7, 11) is 1.78. The van der Waals surface area contributed by atoms with Gasteiger partial charge in [0.05, 0.1) is 18.0 Å². The van der Waals surface area contributed by atoms with Gasteiger partial charge in [-0.15, -0.1) is 0 Å². The van der Waals surface area contributed by atoms with Gasteiger partial charge in [-0.05, 0) is 24.5 Å². The molecule has 0 saturated carbocycles. The minimum Gasteiger partial charge on any atom is -0.384 e.